The topological polar surface area (TPSA) is 43.4 Å². The van der Waals surface area contributed by atoms with E-state index in [1.54, 1.807) is 13.2 Å². The second-order valence-corrected chi connectivity index (χ2v) is 6.21. The highest BCUT2D eigenvalue weighted by Crippen LogP contribution is 2.28. The van der Waals surface area contributed by atoms with Gasteiger partial charge in [0.1, 0.15) is 17.4 Å². The molecule has 0 saturated heterocycles. The van der Waals surface area contributed by atoms with Crippen molar-refractivity contribution in [2.24, 2.45) is 0 Å². The SMILES string of the molecule is CCN(Cc1c(F)cccc1F)Cn1nc(-c2ccccc2OC)oc1=S. The molecule has 5 nitrogen and oxygen atoms in total. The Labute approximate surface area is 160 Å². The minimum atomic E-state index is -0.577. The summed E-state index contributed by atoms with van der Waals surface area (Å²) in [6.45, 7) is 2.77. The molecule has 3 rings (SSSR count). The molecule has 1 aromatic heterocycles. The summed E-state index contributed by atoms with van der Waals surface area (Å²) in [7, 11) is 1.56. The summed E-state index contributed by atoms with van der Waals surface area (Å²) in [6.07, 6.45) is 0. The Hall–Kier alpha value is -2.58. The van der Waals surface area contributed by atoms with Gasteiger partial charge in [0.2, 0.25) is 0 Å². The highest BCUT2D eigenvalue weighted by atomic mass is 32.1. The Bertz CT molecular complexity index is 967. The average molecular weight is 391 g/mol. The minimum Gasteiger partial charge on any atom is -0.496 e. The normalized spacial score (nSPS) is 11.1. The Balaban J connectivity index is 1.84. The molecule has 0 atom stereocenters. The molecule has 0 fully saturated rings. The number of nitrogens with zero attached hydrogens (tertiary/aromatic N) is 3. The van der Waals surface area contributed by atoms with Crippen LogP contribution >= 0.6 is 12.2 Å². The average Bonchev–Trinajstić information content (AvgIpc) is 3.04. The van der Waals surface area contributed by atoms with Gasteiger partial charge in [0.05, 0.1) is 19.3 Å². The van der Waals surface area contributed by atoms with E-state index in [-0.39, 0.29) is 23.6 Å². The van der Waals surface area contributed by atoms with E-state index in [4.69, 9.17) is 21.4 Å². The van der Waals surface area contributed by atoms with Crippen molar-refractivity contribution >= 4 is 12.2 Å². The molecule has 0 aliphatic carbocycles. The maximum Gasteiger partial charge on any atom is 0.288 e. The molecule has 0 radical (unpaired) electrons. The Kier molecular flexibility index (Phi) is 5.98. The predicted octanol–water partition coefficient (Wildman–Crippen LogP) is 4.64. The third-order valence-corrected chi connectivity index (χ3v) is 4.46. The standard InChI is InChI=1S/C19H19F2N3O2S/c1-3-23(11-14-15(20)8-6-9-16(14)21)12-24-19(27)26-18(22-24)13-7-4-5-10-17(13)25-2/h4-10H,3,11-12H2,1-2H3. The van der Waals surface area contributed by atoms with Gasteiger partial charge in [-0.25, -0.2) is 13.5 Å². The summed E-state index contributed by atoms with van der Waals surface area (Å²) >= 11 is 5.25. The van der Waals surface area contributed by atoms with E-state index in [0.29, 0.717) is 23.7 Å². The molecule has 0 bridgehead atoms. The summed E-state index contributed by atoms with van der Waals surface area (Å²) in [6, 6.07) is 11.1. The lowest BCUT2D eigenvalue weighted by Crippen LogP contribution is -2.27. The molecule has 0 amide bonds. The van der Waals surface area contributed by atoms with Gasteiger partial charge >= 0.3 is 0 Å². The van der Waals surface area contributed by atoms with Crippen LogP contribution in [-0.2, 0) is 13.2 Å². The number of halogens is 2. The quantitative estimate of drug-likeness (QED) is 0.549. The molecule has 142 valence electrons. The number of aromatic nitrogens is 2. The van der Waals surface area contributed by atoms with Crippen molar-refractivity contribution in [3.05, 3.63) is 64.5 Å². The number of methoxy groups -OCH3 is 1. The largest absolute Gasteiger partial charge is 0.496 e. The zero-order valence-corrected chi connectivity index (χ0v) is 15.8. The Morgan fingerprint density at radius 1 is 1.15 bits per heavy atom. The first kappa shape index (κ1) is 19.2. The smallest absolute Gasteiger partial charge is 0.288 e. The van der Waals surface area contributed by atoms with Crippen LogP contribution in [0.3, 0.4) is 0 Å². The van der Waals surface area contributed by atoms with Crippen LogP contribution in [0, 0.1) is 16.5 Å². The van der Waals surface area contributed by atoms with Gasteiger partial charge in [0.15, 0.2) is 0 Å². The maximum atomic E-state index is 13.9. The summed E-state index contributed by atoms with van der Waals surface area (Å²) in [5.74, 6) is -0.217. The second kappa shape index (κ2) is 8.41. The van der Waals surface area contributed by atoms with Crippen LogP contribution in [0.4, 0.5) is 8.78 Å². The molecule has 0 N–H and O–H groups in total. The molecule has 0 unspecified atom stereocenters. The zero-order valence-electron chi connectivity index (χ0n) is 15.0. The van der Waals surface area contributed by atoms with Gasteiger partial charge in [-0.3, -0.25) is 4.90 Å². The van der Waals surface area contributed by atoms with Crippen LogP contribution in [0.5, 0.6) is 5.75 Å². The molecule has 0 aliphatic heterocycles. The van der Waals surface area contributed by atoms with E-state index < -0.39 is 11.6 Å². The van der Waals surface area contributed by atoms with Crippen molar-refractivity contribution in [3.63, 3.8) is 0 Å². The first-order valence-electron chi connectivity index (χ1n) is 8.40. The molecule has 0 saturated carbocycles. The fourth-order valence-electron chi connectivity index (χ4n) is 2.68. The van der Waals surface area contributed by atoms with Crippen LogP contribution in [0.25, 0.3) is 11.5 Å². The van der Waals surface area contributed by atoms with Crippen LogP contribution in [-0.4, -0.2) is 28.3 Å². The predicted molar refractivity (Wildman–Crippen MR) is 99.8 cm³/mol. The number of hydrogen-bond acceptors (Lipinski definition) is 5. The van der Waals surface area contributed by atoms with Gasteiger partial charge in [-0.05, 0) is 43.0 Å². The van der Waals surface area contributed by atoms with Gasteiger partial charge < -0.3 is 9.15 Å². The number of benzene rings is 2. The summed E-state index contributed by atoms with van der Waals surface area (Å²) in [4.78, 5) is 1.98. The van der Waals surface area contributed by atoms with Crippen molar-refractivity contribution in [1.29, 1.82) is 0 Å². The fraction of sp³-hybridized carbons (Fsp3) is 0.263. The molecule has 8 heteroatoms. The molecule has 2 aromatic carbocycles. The lowest BCUT2D eigenvalue weighted by molar-refractivity contribution is 0.199. The van der Waals surface area contributed by atoms with E-state index in [9.17, 15) is 8.78 Å². The van der Waals surface area contributed by atoms with Crippen molar-refractivity contribution in [3.8, 4) is 17.2 Å². The van der Waals surface area contributed by atoms with Crippen molar-refractivity contribution in [2.45, 2.75) is 20.1 Å². The molecule has 1 heterocycles. The maximum absolute atomic E-state index is 13.9. The van der Waals surface area contributed by atoms with Gasteiger partial charge in [-0.1, -0.05) is 25.1 Å². The number of ether oxygens (including phenoxy) is 1. The summed E-state index contributed by atoms with van der Waals surface area (Å²) < 4.78 is 40.3. The van der Waals surface area contributed by atoms with E-state index in [0.717, 1.165) is 0 Å². The molecule has 0 aliphatic rings. The van der Waals surface area contributed by atoms with E-state index >= 15 is 0 Å². The van der Waals surface area contributed by atoms with Crippen molar-refractivity contribution in [2.75, 3.05) is 13.7 Å². The Morgan fingerprint density at radius 3 is 2.52 bits per heavy atom. The van der Waals surface area contributed by atoms with Gasteiger partial charge in [-0.2, -0.15) is 0 Å². The van der Waals surface area contributed by atoms with E-state index in [2.05, 4.69) is 5.10 Å². The number of rotatable bonds is 7. The van der Waals surface area contributed by atoms with E-state index in [1.807, 2.05) is 30.0 Å². The summed E-state index contributed by atoms with van der Waals surface area (Å²) in [5.41, 5.74) is 0.687. The monoisotopic (exact) mass is 391 g/mol. The highest BCUT2D eigenvalue weighted by Gasteiger charge is 2.16. The molecular weight excluding hydrogens is 372 g/mol. The van der Waals surface area contributed by atoms with Crippen LogP contribution in [0.15, 0.2) is 46.9 Å². The van der Waals surface area contributed by atoms with E-state index in [1.165, 1.54) is 22.9 Å². The van der Waals surface area contributed by atoms with Crippen LogP contribution in [0.2, 0.25) is 0 Å². The van der Waals surface area contributed by atoms with Gasteiger partial charge in [0, 0.05) is 12.1 Å². The summed E-state index contributed by atoms with van der Waals surface area (Å²) in [5, 5.41) is 4.40. The number of para-hydroxylation sites is 1. The number of hydrogen-bond donors (Lipinski definition) is 0. The zero-order chi connectivity index (χ0) is 19.4. The first-order chi connectivity index (χ1) is 13.0. The van der Waals surface area contributed by atoms with Crippen molar-refractivity contribution in [1.82, 2.24) is 14.7 Å². The fourth-order valence-corrected chi connectivity index (χ4v) is 2.86. The lowest BCUT2D eigenvalue weighted by atomic mass is 10.2. The van der Waals surface area contributed by atoms with Crippen LogP contribution in [0.1, 0.15) is 12.5 Å². The first-order valence-corrected chi connectivity index (χ1v) is 8.81. The van der Waals surface area contributed by atoms with Crippen LogP contribution < -0.4 is 4.74 Å². The third kappa shape index (κ3) is 4.23. The second-order valence-electron chi connectivity index (χ2n) is 5.86. The van der Waals surface area contributed by atoms with Gasteiger partial charge in [-0.15, -0.1) is 5.10 Å². The molecule has 0 spiro atoms. The molecular formula is C19H19F2N3O2S. The third-order valence-electron chi connectivity index (χ3n) is 4.17. The van der Waals surface area contributed by atoms with Crippen molar-refractivity contribution < 1.29 is 17.9 Å². The van der Waals surface area contributed by atoms with Gasteiger partial charge in [0.25, 0.3) is 10.7 Å². The molecule has 3 aromatic rings. The molecule has 27 heavy (non-hydrogen) atoms. The Morgan fingerprint density at radius 2 is 1.85 bits per heavy atom. The highest BCUT2D eigenvalue weighted by molar-refractivity contribution is 7.71. The minimum absolute atomic E-state index is 0.0133. The lowest BCUT2D eigenvalue weighted by Gasteiger charge is -2.20.